The SMILES string of the molecule is COCCC(=O)N1CCC(Nc2ccnc3c(Br)cccc23)CC1. The van der Waals surface area contributed by atoms with Crippen LogP contribution in [0.1, 0.15) is 19.3 Å². The third-order valence-electron chi connectivity index (χ3n) is 4.45. The molecule has 1 saturated heterocycles. The van der Waals surface area contributed by atoms with Crippen molar-refractivity contribution in [1.82, 2.24) is 9.88 Å². The summed E-state index contributed by atoms with van der Waals surface area (Å²) < 4.78 is 5.99. The number of piperidine rings is 1. The van der Waals surface area contributed by atoms with Gasteiger partial charge in [0.05, 0.1) is 18.5 Å². The monoisotopic (exact) mass is 391 g/mol. The quantitative estimate of drug-likeness (QED) is 0.847. The number of para-hydroxylation sites is 1. The molecule has 5 nitrogen and oxygen atoms in total. The number of hydrogen-bond donors (Lipinski definition) is 1. The summed E-state index contributed by atoms with van der Waals surface area (Å²) in [7, 11) is 1.63. The van der Waals surface area contributed by atoms with Crippen molar-refractivity contribution >= 4 is 38.4 Å². The van der Waals surface area contributed by atoms with E-state index in [0.29, 0.717) is 19.1 Å². The number of rotatable bonds is 5. The summed E-state index contributed by atoms with van der Waals surface area (Å²) in [6.45, 7) is 2.09. The molecule has 1 aliphatic heterocycles. The van der Waals surface area contributed by atoms with Gasteiger partial charge in [-0.05, 0) is 40.9 Å². The second-order valence-electron chi connectivity index (χ2n) is 6.04. The number of anilines is 1. The smallest absolute Gasteiger partial charge is 0.224 e. The van der Waals surface area contributed by atoms with Crippen LogP contribution in [-0.4, -0.2) is 48.6 Å². The Bertz CT molecular complexity index is 714. The van der Waals surface area contributed by atoms with E-state index >= 15 is 0 Å². The molecule has 1 N–H and O–H groups in total. The molecule has 128 valence electrons. The molecule has 1 fully saturated rings. The van der Waals surface area contributed by atoms with Gasteiger partial charge in [-0.2, -0.15) is 0 Å². The normalized spacial score (nSPS) is 15.7. The molecule has 24 heavy (non-hydrogen) atoms. The highest BCUT2D eigenvalue weighted by molar-refractivity contribution is 9.10. The molecule has 0 spiro atoms. The number of fused-ring (bicyclic) bond motifs is 1. The average molecular weight is 392 g/mol. The van der Waals surface area contributed by atoms with Crippen LogP contribution in [0.15, 0.2) is 34.9 Å². The maximum atomic E-state index is 12.0. The number of carbonyl (C=O) groups is 1. The number of halogens is 1. The summed E-state index contributed by atoms with van der Waals surface area (Å²) in [5, 5.41) is 4.75. The Balaban J connectivity index is 1.63. The summed E-state index contributed by atoms with van der Waals surface area (Å²) in [6.07, 6.45) is 4.21. The molecule has 2 aromatic rings. The van der Waals surface area contributed by atoms with Crippen molar-refractivity contribution in [2.24, 2.45) is 0 Å². The van der Waals surface area contributed by atoms with Crippen LogP contribution in [0.3, 0.4) is 0 Å². The number of hydrogen-bond acceptors (Lipinski definition) is 4. The molecule has 1 amide bonds. The Kier molecular flexibility index (Phi) is 5.68. The molecule has 0 saturated carbocycles. The zero-order valence-electron chi connectivity index (χ0n) is 13.8. The molecule has 0 bridgehead atoms. The van der Waals surface area contributed by atoms with Gasteiger partial charge in [-0.15, -0.1) is 0 Å². The van der Waals surface area contributed by atoms with Crippen molar-refractivity contribution < 1.29 is 9.53 Å². The number of ether oxygens (including phenoxy) is 1. The highest BCUT2D eigenvalue weighted by Gasteiger charge is 2.22. The first-order chi connectivity index (χ1) is 11.7. The van der Waals surface area contributed by atoms with Gasteiger partial charge in [-0.1, -0.05) is 12.1 Å². The van der Waals surface area contributed by atoms with E-state index in [-0.39, 0.29) is 5.91 Å². The minimum absolute atomic E-state index is 0.189. The molecular formula is C18H22BrN3O2. The molecule has 0 atom stereocenters. The van der Waals surface area contributed by atoms with Gasteiger partial charge in [0.15, 0.2) is 0 Å². The van der Waals surface area contributed by atoms with Crippen LogP contribution in [0.2, 0.25) is 0 Å². The number of likely N-dealkylation sites (tertiary alicyclic amines) is 1. The fourth-order valence-electron chi connectivity index (χ4n) is 3.11. The van der Waals surface area contributed by atoms with Crippen molar-refractivity contribution in [2.75, 3.05) is 32.1 Å². The third-order valence-corrected chi connectivity index (χ3v) is 5.09. The van der Waals surface area contributed by atoms with Crippen LogP contribution in [0.5, 0.6) is 0 Å². The number of benzene rings is 1. The zero-order valence-corrected chi connectivity index (χ0v) is 15.4. The van der Waals surface area contributed by atoms with Crippen molar-refractivity contribution in [2.45, 2.75) is 25.3 Å². The van der Waals surface area contributed by atoms with Crippen molar-refractivity contribution in [3.63, 3.8) is 0 Å². The number of carbonyl (C=O) groups excluding carboxylic acids is 1. The van der Waals surface area contributed by atoms with E-state index in [0.717, 1.165) is 47.0 Å². The summed E-state index contributed by atoms with van der Waals surface area (Å²) >= 11 is 3.56. The van der Waals surface area contributed by atoms with Crippen LogP contribution < -0.4 is 5.32 Å². The van der Waals surface area contributed by atoms with Gasteiger partial charge >= 0.3 is 0 Å². The Hall–Kier alpha value is -1.66. The third kappa shape index (κ3) is 3.87. The van der Waals surface area contributed by atoms with E-state index < -0.39 is 0 Å². The molecule has 1 aromatic heterocycles. The lowest BCUT2D eigenvalue weighted by molar-refractivity contribution is -0.133. The van der Waals surface area contributed by atoms with E-state index in [1.54, 1.807) is 7.11 Å². The number of aromatic nitrogens is 1. The number of nitrogens with zero attached hydrogens (tertiary/aromatic N) is 2. The lowest BCUT2D eigenvalue weighted by Gasteiger charge is -2.33. The lowest BCUT2D eigenvalue weighted by Crippen LogP contribution is -2.42. The number of amides is 1. The van der Waals surface area contributed by atoms with Crippen LogP contribution in [-0.2, 0) is 9.53 Å². The molecule has 0 radical (unpaired) electrons. The van der Waals surface area contributed by atoms with Gasteiger partial charge in [0, 0.05) is 48.0 Å². The van der Waals surface area contributed by atoms with E-state index in [1.165, 1.54) is 0 Å². The van der Waals surface area contributed by atoms with Gasteiger partial charge in [-0.25, -0.2) is 0 Å². The first kappa shape index (κ1) is 17.2. The second-order valence-corrected chi connectivity index (χ2v) is 6.89. The highest BCUT2D eigenvalue weighted by atomic mass is 79.9. The topological polar surface area (TPSA) is 54.5 Å². The fourth-order valence-corrected chi connectivity index (χ4v) is 3.58. The molecule has 1 aromatic carbocycles. The molecule has 0 aliphatic carbocycles. The summed E-state index contributed by atoms with van der Waals surface area (Å²) in [6, 6.07) is 8.50. The van der Waals surface area contributed by atoms with Gasteiger partial charge < -0.3 is 15.0 Å². The highest BCUT2D eigenvalue weighted by Crippen LogP contribution is 2.28. The van der Waals surface area contributed by atoms with Gasteiger partial charge in [0.2, 0.25) is 5.91 Å². The average Bonchev–Trinajstić information content (AvgIpc) is 2.61. The van der Waals surface area contributed by atoms with Crippen molar-refractivity contribution in [1.29, 1.82) is 0 Å². The maximum Gasteiger partial charge on any atom is 0.224 e. The van der Waals surface area contributed by atoms with E-state index in [9.17, 15) is 4.79 Å². The largest absolute Gasteiger partial charge is 0.384 e. The molecule has 3 rings (SSSR count). The Labute approximate surface area is 150 Å². The maximum absolute atomic E-state index is 12.0. The first-order valence-electron chi connectivity index (χ1n) is 8.25. The van der Waals surface area contributed by atoms with Gasteiger partial charge in [0.1, 0.15) is 0 Å². The Morgan fingerprint density at radius 3 is 2.92 bits per heavy atom. The lowest BCUT2D eigenvalue weighted by atomic mass is 10.0. The Morgan fingerprint density at radius 2 is 2.17 bits per heavy atom. The molecule has 1 aliphatic rings. The van der Waals surface area contributed by atoms with E-state index in [1.807, 2.05) is 29.3 Å². The second kappa shape index (κ2) is 7.94. The molecule has 0 unspecified atom stereocenters. The van der Waals surface area contributed by atoms with Crippen LogP contribution in [0.4, 0.5) is 5.69 Å². The summed E-state index contributed by atoms with van der Waals surface area (Å²) in [5.41, 5.74) is 2.07. The van der Waals surface area contributed by atoms with Crippen LogP contribution >= 0.6 is 15.9 Å². The molecule has 2 heterocycles. The molecular weight excluding hydrogens is 370 g/mol. The fraction of sp³-hybridized carbons (Fsp3) is 0.444. The van der Waals surface area contributed by atoms with Gasteiger partial charge in [0.25, 0.3) is 0 Å². The van der Waals surface area contributed by atoms with Gasteiger partial charge in [-0.3, -0.25) is 9.78 Å². The van der Waals surface area contributed by atoms with Crippen molar-refractivity contribution in [3.8, 4) is 0 Å². The predicted octanol–water partition coefficient (Wildman–Crippen LogP) is 3.44. The number of nitrogens with one attached hydrogen (secondary N) is 1. The first-order valence-corrected chi connectivity index (χ1v) is 9.05. The summed E-state index contributed by atoms with van der Waals surface area (Å²) in [5.74, 6) is 0.189. The van der Waals surface area contributed by atoms with E-state index in [2.05, 4.69) is 32.3 Å². The zero-order chi connectivity index (χ0) is 16.9. The summed E-state index contributed by atoms with van der Waals surface area (Å²) in [4.78, 5) is 18.4. The van der Waals surface area contributed by atoms with Crippen LogP contribution in [0.25, 0.3) is 10.9 Å². The van der Waals surface area contributed by atoms with Crippen molar-refractivity contribution in [3.05, 3.63) is 34.9 Å². The standard InChI is InChI=1S/C18H22BrN3O2/c1-24-12-8-17(23)22-10-6-13(7-11-22)21-16-5-9-20-18-14(16)3-2-4-15(18)19/h2-5,9,13H,6-8,10-12H2,1H3,(H,20,21). The molecule has 6 heteroatoms. The van der Waals surface area contributed by atoms with E-state index in [4.69, 9.17) is 4.74 Å². The predicted molar refractivity (Wildman–Crippen MR) is 99.2 cm³/mol. The Morgan fingerprint density at radius 1 is 1.38 bits per heavy atom. The minimum Gasteiger partial charge on any atom is -0.384 e. The number of pyridine rings is 1. The van der Waals surface area contributed by atoms with Crippen LogP contribution in [0, 0.1) is 0 Å². The number of methoxy groups -OCH3 is 1. The minimum atomic E-state index is 0.189.